The average molecular weight is 217 g/mol. The number of aliphatic hydroxyl groups is 1. The zero-order valence-corrected chi connectivity index (χ0v) is 9.75. The van der Waals surface area contributed by atoms with Crippen molar-refractivity contribution in [1.82, 2.24) is 15.5 Å². The maximum absolute atomic E-state index is 11.2. The Morgan fingerprint density at radius 2 is 1.73 bits per heavy atom. The fraction of sp³-hybridized carbons (Fsp3) is 0.900. The Balaban J connectivity index is 3.19. The van der Waals surface area contributed by atoms with Gasteiger partial charge in [-0.15, -0.1) is 0 Å². The van der Waals surface area contributed by atoms with Crippen LogP contribution in [0.3, 0.4) is 0 Å². The molecule has 5 nitrogen and oxygen atoms in total. The number of unbranched alkanes of at least 4 members (excludes halogenated alkanes) is 1. The van der Waals surface area contributed by atoms with Crippen molar-refractivity contribution in [1.29, 1.82) is 0 Å². The summed E-state index contributed by atoms with van der Waals surface area (Å²) < 4.78 is 0. The molecular weight excluding hydrogens is 194 g/mol. The Morgan fingerprint density at radius 1 is 1.13 bits per heavy atom. The molecule has 0 aliphatic heterocycles. The van der Waals surface area contributed by atoms with Gasteiger partial charge in [0.25, 0.3) is 0 Å². The third-order valence-electron chi connectivity index (χ3n) is 1.94. The van der Waals surface area contributed by atoms with Gasteiger partial charge in [-0.25, -0.2) is 4.79 Å². The average Bonchev–Trinajstić information content (AvgIpc) is 2.19. The fourth-order valence-corrected chi connectivity index (χ4v) is 1.10. The molecular formula is C10H23N3O2. The van der Waals surface area contributed by atoms with Gasteiger partial charge in [0.05, 0.1) is 0 Å². The first kappa shape index (κ1) is 14.2. The van der Waals surface area contributed by atoms with Gasteiger partial charge >= 0.3 is 6.03 Å². The van der Waals surface area contributed by atoms with Gasteiger partial charge in [-0.05, 0) is 39.9 Å². The van der Waals surface area contributed by atoms with E-state index in [0.29, 0.717) is 13.1 Å². The molecule has 0 aliphatic carbocycles. The number of carbonyl (C=O) groups is 1. The van der Waals surface area contributed by atoms with Crippen molar-refractivity contribution < 1.29 is 9.90 Å². The van der Waals surface area contributed by atoms with Crippen molar-refractivity contribution in [2.45, 2.75) is 19.3 Å². The first-order valence-corrected chi connectivity index (χ1v) is 5.44. The molecule has 0 bridgehead atoms. The first-order chi connectivity index (χ1) is 7.16. The number of rotatable bonds is 8. The molecule has 0 fully saturated rings. The summed E-state index contributed by atoms with van der Waals surface area (Å²) >= 11 is 0. The highest BCUT2D eigenvalue weighted by Crippen LogP contribution is 1.84. The van der Waals surface area contributed by atoms with E-state index in [-0.39, 0.29) is 12.6 Å². The molecule has 0 spiro atoms. The lowest BCUT2D eigenvalue weighted by Crippen LogP contribution is -2.37. The molecule has 0 radical (unpaired) electrons. The Kier molecular flexibility index (Phi) is 9.21. The number of hydrogen-bond acceptors (Lipinski definition) is 3. The summed E-state index contributed by atoms with van der Waals surface area (Å²) in [6.45, 7) is 2.49. The quantitative estimate of drug-likeness (QED) is 0.502. The van der Waals surface area contributed by atoms with Crippen LogP contribution in [0.1, 0.15) is 19.3 Å². The Bertz CT molecular complexity index is 163. The van der Waals surface area contributed by atoms with Gasteiger partial charge in [-0.1, -0.05) is 0 Å². The van der Waals surface area contributed by atoms with E-state index in [4.69, 9.17) is 5.11 Å². The second-order valence-electron chi connectivity index (χ2n) is 3.77. The minimum Gasteiger partial charge on any atom is -0.396 e. The third-order valence-corrected chi connectivity index (χ3v) is 1.94. The lowest BCUT2D eigenvalue weighted by atomic mass is 10.3. The number of amides is 2. The third kappa shape index (κ3) is 11.1. The summed E-state index contributed by atoms with van der Waals surface area (Å²) in [6, 6.07) is -0.119. The maximum Gasteiger partial charge on any atom is 0.314 e. The van der Waals surface area contributed by atoms with Gasteiger partial charge in [0.1, 0.15) is 0 Å². The summed E-state index contributed by atoms with van der Waals surface area (Å²) in [6.07, 6.45) is 2.51. The molecule has 15 heavy (non-hydrogen) atoms. The van der Waals surface area contributed by atoms with Crippen molar-refractivity contribution in [2.24, 2.45) is 0 Å². The zero-order chi connectivity index (χ0) is 11.5. The molecule has 90 valence electrons. The van der Waals surface area contributed by atoms with Gasteiger partial charge in [-0.2, -0.15) is 0 Å². The van der Waals surface area contributed by atoms with E-state index >= 15 is 0 Å². The van der Waals surface area contributed by atoms with E-state index in [1.807, 2.05) is 14.1 Å². The van der Waals surface area contributed by atoms with Gasteiger partial charge in [-0.3, -0.25) is 0 Å². The van der Waals surface area contributed by atoms with Crippen molar-refractivity contribution in [3.63, 3.8) is 0 Å². The highest BCUT2D eigenvalue weighted by Gasteiger charge is 1.98. The molecule has 0 rings (SSSR count). The summed E-state index contributed by atoms with van der Waals surface area (Å²) in [7, 11) is 4.02. The molecule has 3 N–H and O–H groups in total. The minimum absolute atomic E-state index is 0.119. The second-order valence-corrected chi connectivity index (χ2v) is 3.77. The predicted molar refractivity (Wildman–Crippen MR) is 60.9 cm³/mol. The van der Waals surface area contributed by atoms with Gasteiger partial charge in [0, 0.05) is 19.7 Å². The number of aliphatic hydroxyl groups excluding tert-OH is 1. The number of urea groups is 1. The Labute approximate surface area is 91.8 Å². The summed E-state index contributed by atoms with van der Waals surface area (Å²) in [5.74, 6) is 0. The van der Waals surface area contributed by atoms with Crippen LogP contribution in [0.15, 0.2) is 0 Å². The maximum atomic E-state index is 11.2. The normalized spacial score (nSPS) is 10.4. The largest absolute Gasteiger partial charge is 0.396 e. The van der Waals surface area contributed by atoms with E-state index in [2.05, 4.69) is 15.5 Å². The zero-order valence-electron chi connectivity index (χ0n) is 9.75. The molecule has 0 atom stereocenters. The topological polar surface area (TPSA) is 64.6 Å². The van der Waals surface area contributed by atoms with Crippen LogP contribution < -0.4 is 10.6 Å². The molecule has 0 aromatic rings. The van der Waals surface area contributed by atoms with Crippen LogP contribution >= 0.6 is 0 Å². The van der Waals surface area contributed by atoms with E-state index in [0.717, 1.165) is 25.8 Å². The highest BCUT2D eigenvalue weighted by molar-refractivity contribution is 5.73. The summed E-state index contributed by atoms with van der Waals surface area (Å²) in [5, 5.41) is 14.0. The van der Waals surface area contributed by atoms with Gasteiger partial charge in [0.15, 0.2) is 0 Å². The van der Waals surface area contributed by atoms with Crippen molar-refractivity contribution in [3.8, 4) is 0 Å². The predicted octanol–water partition coefficient (Wildman–Crippen LogP) is 0.00980. The molecule has 0 unspecified atom stereocenters. The minimum atomic E-state index is -0.119. The molecule has 0 aromatic carbocycles. The molecule has 0 saturated carbocycles. The van der Waals surface area contributed by atoms with E-state index in [1.165, 1.54) is 0 Å². The van der Waals surface area contributed by atoms with Crippen molar-refractivity contribution >= 4 is 6.03 Å². The van der Waals surface area contributed by atoms with Crippen LogP contribution in [-0.4, -0.2) is 56.4 Å². The fourth-order valence-electron chi connectivity index (χ4n) is 1.10. The van der Waals surface area contributed by atoms with Crippen LogP contribution in [0.25, 0.3) is 0 Å². The number of hydrogen-bond donors (Lipinski definition) is 3. The molecule has 0 aromatic heterocycles. The first-order valence-electron chi connectivity index (χ1n) is 5.44. The number of nitrogens with one attached hydrogen (secondary N) is 2. The monoisotopic (exact) mass is 217 g/mol. The molecule has 5 heteroatoms. The lowest BCUT2D eigenvalue weighted by molar-refractivity contribution is 0.238. The highest BCUT2D eigenvalue weighted by atomic mass is 16.3. The van der Waals surface area contributed by atoms with Crippen LogP contribution in [0, 0.1) is 0 Å². The molecule has 0 aliphatic rings. The van der Waals surface area contributed by atoms with Crippen molar-refractivity contribution in [2.75, 3.05) is 40.3 Å². The second kappa shape index (κ2) is 9.73. The van der Waals surface area contributed by atoms with Crippen molar-refractivity contribution in [3.05, 3.63) is 0 Å². The molecule has 2 amide bonds. The van der Waals surface area contributed by atoms with Crippen LogP contribution in [-0.2, 0) is 0 Å². The van der Waals surface area contributed by atoms with E-state index in [1.54, 1.807) is 0 Å². The Morgan fingerprint density at radius 3 is 2.27 bits per heavy atom. The van der Waals surface area contributed by atoms with Crippen LogP contribution in [0.5, 0.6) is 0 Å². The van der Waals surface area contributed by atoms with Crippen LogP contribution in [0.4, 0.5) is 4.79 Å². The molecule has 0 saturated heterocycles. The number of carbonyl (C=O) groups excluding carboxylic acids is 1. The standard InChI is InChI=1S/C10H23N3O2/c1-13(2)8-5-7-12-10(15)11-6-3-4-9-14/h14H,3-9H2,1-2H3,(H2,11,12,15). The smallest absolute Gasteiger partial charge is 0.314 e. The van der Waals surface area contributed by atoms with E-state index in [9.17, 15) is 4.79 Å². The summed E-state index contributed by atoms with van der Waals surface area (Å²) in [5.41, 5.74) is 0. The van der Waals surface area contributed by atoms with Gasteiger partial charge < -0.3 is 20.6 Å². The summed E-state index contributed by atoms with van der Waals surface area (Å²) in [4.78, 5) is 13.2. The molecule has 0 heterocycles. The number of nitrogens with zero attached hydrogens (tertiary/aromatic N) is 1. The lowest BCUT2D eigenvalue weighted by Gasteiger charge is -2.10. The van der Waals surface area contributed by atoms with Crippen LogP contribution in [0.2, 0.25) is 0 Å². The van der Waals surface area contributed by atoms with Gasteiger partial charge in [0.2, 0.25) is 0 Å². The Hall–Kier alpha value is -0.810. The van der Waals surface area contributed by atoms with E-state index < -0.39 is 0 Å². The SMILES string of the molecule is CN(C)CCCNC(=O)NCCCCO.